The maximum absolute atomic E-state index is 14.2. The third-order valence-corrected chi connectivity index (χ3v) is 8.52. The Bertz CT molecular complexity index is 1680. The Hall–Kier alpha value is -4.43. The van der Waals surface area contributed by atoms with Crippen LogP contribution < -0.4 is 15.8 Å². The zero-order chi connectivity index (χ0) is 31.7. The van der Waals surface area contributed by atoms with Crippen molar-refractivity contribution in [2.45, 2.75) is 45.5 Å². The van der Waals surface area contributed by atoms with Gasteiger partial charge in [0, 0.05) is 69.7 Å². The number of nitrogen functional groups attached to an aromatic ring is 1. The molecule has 6 rings (SSSR count). The van der Waals surface area contributed by atoms with Gasteiger partial charge in [-0.15, -0.1) is 0 Å². The van der Waals surface area contributed by atoms with Crippen molar-refractivity contribution < 1.29 is 22.7 Å². The molecule has 1 unspecified atom stereocenters. The summed E-state index contributed by atoms with van der Waals surface area (Å²) in [7, 11) is 0. The number of nitrogens with zero attached hydrogens (tertiary/aromatic N) is 6. The van der Waals surface area contributed by atoms with Crippen LogP contribution in [0.5, 0.6) is 11.5 Å². The number of pyridine rings is 2. The highest BCUT2D eigenvalue weighted by atomic mass is 19.4. The number of hydrogen-bond acceptors (Lipinski definition) is 8. The summed E-state index contributed by atoms with van der Waals surface area (Å²) in [6.07, 6.45) is -0.634. The number of alkyl halides is 3. The van der Waals surface area contributed by atoms with Crippen LogP contribution in [0.4, 0.5) is 29.6 Å². The summed E-state index contributed by atoms with van der Waals surface area (Å²) in [6.45, 7) is 8.92. The van der Waals surface area contributed by atoms with Gasteiger partial charge in [-0.1, -0.05) is 19.9 Å². The third-order valence-electron chi connectivity index (χ3n) is 8.52. The van der Waals surface area contributed by atoms with Crippen LogP contribution in [0, 0.1) is 0 Å². The van der Waals surface area contributed by atoms with E-state index in [2.05, 4.69) is 37.1 Å². The molecule has 1 fully saturated rings. The minimum atomic E-state index is -4.55. The predicted octanol–water partition coefficient (Wildman–Crippen LogP) is 5.43. The molecule has 1 atom stereocenters. The Morgan fingerprint density at radius 1 is 1.11 bits per heavy atom. The molecule has 0 aliphatic carbocycles. The molecular weight excluding hydrogens is 587 g/mol. The molecule has 2 amide bonds. The average molecular weight is 624 g/mol. The summed E-state index contributed by atoms with van der Waals surface area (Å²) in [5.74, 6) is 1.09. The fourth-order valence-corrected chi connectivity index (χ4v) is 6.03. The molecule has 2 aliphatic heterocycles. The van der Waals surface area contributed by atoms with E-state index in [1.54, 1.807) is 29.4 Å². The van der Waals surface area contributed by atoms with Crippen LogP contribution in [-0.2, 0) is 19.3 Å². The Kier molecular flexibility index (Phi) is 8.51. The van der Waals surface area contributed by atoms with Crippen LogP contribution in [0.3, 0.4) is 0 Å². The molecule has 3 aromatic heterocycles. The van der Waals surface area contributed by atoms with E-state index in [1.165, 1.54) is 6.07 Å². The van der Waals surface area contributed by atoms with Crippen molar-refractivity contribution in [2.75, 3.05) is 50.3 Å². The first-order chi connectivity index (χ1) is 21.6. The number of imidazole rings is 1. The van der Waals surface area contributed by atoms with Crippen LogP contribution in [0.15, 0.2) is 42.7 Å². The van der Waals surface area contributed by atoms with Gasteiger partial charge in [-0.2, -0.15) is 18.2 Å². The summed E-state index contributed by atoms with van der Waals surface area (Å²) >= 11 is 0. The monoisotopic (exact) mass is 623 g/mol. The Morgan fingerprint density at radius 2 is 1.89 bits per heavy atom. The molecule has 2 aliphatic rings. The fraction of sp³-hybridized carbons (Fsp3) is 0.419. The number of nitrogens with two attached hydrogens (primary N) is 1. The van der Waals surface area contributed by atoms with Gasteiger partial charge in [0.05, 0.1) is 17.5 Å². The number of ether oxygens (including phenoxy) is 1. The van der Waals surface area contributed by atoms with Gasteiger partial charge < -0.3 is 30.6 Å². The molecule has 5 heterocycles. The summed E-state index contributed by atoms with van der Waals surface area (Å²) in [5.41, 5.74) is 7.97. The van der Waals surface area contributed by atoms with Gasteiger partial charge in [0.1, 0.15) is 11.3 Å². The lowest BCUT2D eigenvalue weighted by molar-refractivity contribution is -0.138. The van der Waals surface area contributed by atoms with Gasteiger partial charge in [0.2, 0.25) is 0 Å². The molecule has 0 saturated carbocycles. The van der Waals surface area contributed by atoms with Crippen molar-refractivity contribution in [3.63, 3.8) is 0 Å². The Labute approximate surface area is 258 Å². The SMILES string of the molecule is CCC1CN(C(=O)Nc2ccc(CN3CCN(CC)CC3)c(C(F)(F)F)c2)Cc2cc(Oc3ccnc4nc(N)[nH]c34)cnc21. The first kappa shape index (κ1) is 30.6. The number of halogens is 3. The van der Waals surface area contributed by atoms with Crippen molar-refractivity contribution in [3.8, 4) is 11.5 Å². The molecule has 1 aromatic carbocycles. The number of likely N-dealkylation sites (N-methyl/N-ethyl adjacent to an activating group) is 1. The molecule has 4 aromatic rings. The molecule has 45 heavy (non-hydrogen) atoms. The number of aromatic nitrogens is 4. The van der Waals surface area contributed by atoms with Crippen molar-refractivity contribution in [1.29, 1.82) is 0 Å². The molecular formula is C31H36F3N9O2. The number of nitrogens with one attached hydrogen (secondary N) is 2. The number of fused-ring (bicyclic) bond motifs is 2. The topological polar surface area (TPSA) is 129 Å². The van der Waals surface area contributed by atoms with Crippen LogP contribution in [0.25, 0.3) is 11.2 Å². The fourth-order valence-electron chi connectivity index (χ4n) is 6.03. The first-order valence-corrected chi connectivity index (χ1v) is 15.1. The lowest BCUT2D eigenvalue weighted by Crippen LogP contribution is -2.45. The lowest BCUT2D eigenvalue weighted by Gasteiger charge is -2.34. The number of amides is 2. The maximum Gasteiger partial charge on any atom is 0.416 e. The number of urea groups is 1. The Morgan fingerprint density at radius 3 is 2.62 bits per heavy atom. The number of carbonyl (C=O) groups excluding carboxylic acids is 1. The van der Waals surface area contributed by atoms with Crippen LogP contribution in [0.1, 0.15) is 48.6 Å². The van der Waals surface area contributed by atoms with Gasteiger partial charge in [-0.3, -0.25) is 9.88 Å². The van der Waals surface area contributed by atoms with E-state index in [-0.39, 0.29) is 36.2 Å². The van der Waals surface area contributed by atoms with Crippen LogP contribution in [-0.4, -0.2) is 79.9 Å². The van der Waals surface area contributed by atoms with Crippen molar-refractivity contribution in [3.05, 3.63) is 65.1 Å². The molecule has 0 bridgehead atoms. The molecule has 0 spiro atoms. The minimum Gasteiger partial charge on any atom is -0.453 e. The molecule has 0 radical (unpaired) electrons. The van der Waals surface area contributed by atoms with Gasteiger partial charge >= 0.3 is 12.2 Å². The number of piperazine rings is 1. The van der Waals surface area contributed by atoms with E-state index < -0.39 is 17.8 Å². The molecule has 4 N–H and O–H groups in total. The van der Waals surface area contributed by atoms with Crippen LogP contribution in [0.2, 0.25) is 0 Å². The second-order valence-electron chi connectivity index (χ2n) is 11.4. The number of rotatable bonds is 7. The van der Waals surface area contributed by atoms with E-state index in [0.717, 1.165) is 43.4 Å². The van der Waals surface area contributed by atoms with E-state index in [1.807, 2.05) is 17.9 Å². The lowest BCUT2D eigenvalue weighted by atomic mass is 9.92. The summed E-state index contributed by atoms with van der Waals surface area (Å²) in [6, 6.07) is 7.09. The second kappa shape index (κ2) is 12.5. The smallest absolute Gasteiger partial charge is 0.416 e. The highest BCUT2D eigenvalue weighted by Crippen LogP contribution is 2.36. The maximum atomic E-state index is 14.2. The minimum absolute atomic E-state index is 0.0464. The Balaban J connectivity index is 1.18. The van der Waals surface area contributed by atoms with Crippen molar-refractivity contribution in [1.82, 2.24) is 34.6 Å². The van der Waals surface area contributed by atoms with Crippen molar-refractivity contribution in [2.24, 2.45) is 0 Å². The number of carbonyl (C=O) groups is 1. The molecule has 14 heteroatoms. The van der Waals surface area contributed by atoms with Gasteiger partial charge in [-0.25, -0.2) is 9.78 Å². The second-order valence-corrected chi connectivity index (χ2v) is 11.4. The van der Waals surface area contributed by atoms with E-state index in [9.17, 15) is 18.0 Å². The summed E-state index contributed by atoms with van der Waals surface area (Å²) in [5, 5.41) is 2.71. The quantitative estimate of drug-likeness (QED) is 0.249. The predicted molar refractivity (Wildman–Crippen MR) is 164 cm³/mol. The third kappa shape index (κ3) is 6.66. The van der Waals surface area contributed by atoms with Gasteiger partial charge in [-0.05, 0) is 42.3 Å². The van der Waals surface area contributed by atoms with E-state index in [4.69, 9.17) is 10.5 Å². The molecule has 11 nitrogen and oxygen atoms in total. The number of benzene rings is 1. The van der Waals surface area contributed by atoms with Crippen LogP contribution >= 0.6 is 0 Å². The van der Waals surface area contributed by atoms with Crippen molar-refractivity contribution >= 4 is 28.8 Å². The normalized spacial score (nSPS) is 17.8. The number of H-pyrrole nitrogens is 1. The zero-order valence-corrected chi connectivity index (χ0v) is 25.2. The highest BCUT2D eigenvalue weighted by molar-refractivity contribution is 5.89. The van der Waals surface area contributed by atoms with Gasteiger partial charge in [0.25, 0.3) is 0 Å². The summed E-state index contributed by atoms with van der Waals surface area (Å²) in [4.78, 5) is 35.2. The standard InChI is InChI=1S/C31H36F3N9O2/c1-3-19-17-43(18-21-13-23(15-37-26(19)21)45-25-7-8-36-28-27(25)39-29(35)40-28)30(44)38-22-6-5-20(24(14-22)31(32,33)34)16-42-11-9-41(4-2)10-12-42/h5-8,13-15,19H,3-4,9-12,16-18H2,1-2H3,(H,38,44)(H3,35,36,39,40). The van der Waals surface area contributed by atoms with Gasteiger partial charge in [0.15, 0.2) is 17.3 Å². The number of hydrogen-bond donors (Lipinski definition) is 3. The number of anilines is 2. The molecule has 238 valence electrons. The number of aromatic amines is 1. The average Bonchev–Trinajstić information content (AvgIpc) is 3.42. The molecule has 1 saturated heterocycles. The summed E-state index contributed by atoms with van der Waals surface area (Å²) < 4.78 is 48.5. The zero-order valence-electron chi connectivity index (χ0n) is 25.2. The highest BCUT2D eigenvalue weighted by Gasteiger charge is 2.35. The largest absolute Gasteiger partial charge is 0.453 e. The first-order valence-electron chi connectivity index (χ1n) is 15.1. The van der Waals surface area contributed by atoms with E-state index in [0.29, 0.717) is 42.3 Å². The van der Waals surface area contributed by atoms with E-state index >= 15 is 0 Å².